The second-order valence-electron chi connectivity index (χ2n) is 3.10. The summed E-state index contributed by atoms with van der Waals surface area (Å²) in [5, 5.41) is 0.795. The lowest BCUT2D eigenvalue weighted by atomic mass is 10.2. The van der Waals surface area contributed by atoms with E-state index in [2.05, 4.69) is 4.99 Å². The van der Waals surface area contributed by atoms with Gasteiger partial charge in [-0.3, -0.25) is 4.79 Å². The minimum Gasteiger partial charge on any atom is -0.497 e. The Kier molecular flexibility index (Phi) is 5.05. The number of hydrogen-bond acceptors (Lipinski definition) is 3. The molecule has 0 aliphatic rings. The summed E-state index contributed by atoms with van der Waals surface area (Å²) >= 11 is 1.57. The van der Waals surface area contributed by atoms with Gasteiger partial charge in [0, 0.05) is 5.56 Å². The zero-order valence-electron chi connectivity index (χ0n) is 9.69. The van der Waals surface area contributed by atoms with E-state index in [0.29, 0.717) is 5.56 Å². The van der Waals surface area contributed by atoms with Gasteiger partial charge < -0.3 is 4.74 Å². The highest BCUT2D eigenvalue weighted by Crippen LogP contribution is 2.13. The van der Waals surface area contributed by atoms with Crippen LogP contribution in [0.4, 0.5) is 0 Å². The van der Waals surface area contributed by atoms with Crippen LogP contribution in [-0.2, 0) is 0 Å². The van der Waals surface area contributed by atoms with E-state index in [4.69, 9.17) is 4.74 Å². The van der Waals surface area contributed by atoms with E-state index in [1.807, 2.05) is 13.8 Å². The summed E-state index contributed by atoms with van der Waals surface area (Å²) in [5.74, 6) is 1.45. The van der Waals surface area contributed by atoms with Crippen molar-refractivity contribution in [2.45, 2.75) is 13.8 Å². The van der Waals surface area contributed by atoms with Gasteiger partial charge in [0.15, 0.2) is 0 Å². The standard InChI is InChI=1S/C12H15NO2S/c1-4-16-9(2)13-12(14)10-5-7-11(15-3)8-6-10/h5-8H,4H2,1-3H3. The average Bonchev–Trinajstić information content (AvgIpc) is 2.29. The van der Waals surface area contributed by atoms with Crippen LogP contribution in [0.15, 0.2) is 29.3 Å². The van der Waals surface area contributed by atoms with E-state index in [1.54, 1.807) is 43.1 Å². The van der Waals surface area contributed by atoms with Crippen LogP contribution in [0.25, 0.3) is 0 Å². The summed E-state index contributed by atoms with van der Waals surface area (Å²) in [6, 6.07) is 6.94. The van der Waals surface area contributed by atoms with E-state index in [1.165, 1.54) is 0 Å². The molecule has 0 aliphatic carbocycles. The van der Waals surface area contributed by atoms with Gasteiger partial charge in [0.25, 0.3) is 5.91 Å². The molecule has 0 heterocycles. The van der Waals surface area contributed by atoms with E-state index < -0.39 is 0 Å². The minimum absolute atomic E-state index is 0.207. The highest BCUT2D eigenvalue weighted by atomic mass is 32.2. The monoisotopic (exact) mass is 237 g/mol. The first-order valence-corrected chi connectivity index (χ1v) is 6.02. The highest BCUT2D eigenvalue weighted by Gasteiger charge is 2.04. The van der Waals surface area contributed by atoms with Crippen molar-refractivity contribution >= 4 is 22.7 Å². The molecule has 0 fully saturated rings. The van der Waals surface area contributed by atoms with Crippen molar-refractivity contribution in [1.82, 2.24) is 0 Å². The minimum atomic E-state index is -0.207. The lowest BCUT2D eigenvalue weighted by Gasteiger charge is -2.00. The highest BCUT2D eigenvalue weighted by molar-refractivity contribution is 8.13. The molecule has 0 aromatic heterocycles. The van der Waals surface area contributed by atoms with Gasteiger partial charge in [-0.1, -0.05) is 6.92 Å². The van der Waals surface area contributed by atoms with Gasteiger partial charge in [-0.2, -0.15) is 0 Å². The lowest BCUT2D eigenvalue weighted by Crippen LogP contribution is -1.98. The molecule has 3 nitrogen and oxygen atoms in total. The third kappa shape index (κ3) is 3.70. The molecule has 86 valence electrons. The first-order valence-electron chi connectivity index (χ1n) is 5.03. The molecule has 1 aromatic carbocycles. The van der Waals surface area contributed by atoms with Gasteiger partial charge in [0.2, 0.25) is 0 Å². The Bertz CT molecular complexity index is 385. The molecule has 16 heavy (non-hydrogen) atoms. The third-order valence-electron chi connectivity index (χ3n) is 1.95. The van der Waals surface area contributed by atoms with Gasteiger partial charge in [-0.15, -0.1) is 11.8 Å². The van der Waals surface area contributed by atoms with Gasteiger partial charge in [-0.25, -0.2) is 4.99 Å². The molecule has 0 N–H and O–H groups in total. The van der Waals surface area contributed by atoms with Gasteiger partial charge in [0.1, 0.15) is 5.75 Å². The van der Waals surface area contributed by atoms with Gasteiger partial charge in [0.05, 0.1) is 12.2 Å². The SMILES string of the molecule is CCSC(C)=NC(=O)c1ccc(OC)cc1. The second kappa shape index (κ2) is 6.33. The summed E-state index contributed by atoms with van der Waals surface area (Å²) in [5.41, 5.74) is 0.580. The number of nitrogens with zero attached hydrogens (tertiary/aromatic N) is 1. The Morgan fingerprint density at radius 3 is 2.50 bits per heavy atom. The van der Waals surface area contributed by atoms with Crippen molar-refractivity contribution in [3.63, 3.8) is 0 Å². The molecule has 0 unspecified atom stereocenters. The number of hydrogen-bond donors (Lipinski definition) is 0. The summed E-state index contributed by atoms with van der Waals surface area (Å²) in [4.78, 5) is 15.7. The normalized spacial score (nSPS) is 11.3. The lowest BCUT2D eigenvalue weighted by molar-refractivity contribution is 0.100. The number of ether oxygens (including phenoxy) is 1. The van der Waals surface area contributed by atoms with Crippen LogP contribution >= 0.6 is 11.8 Å². The molecule has 0 radical (unpaired) electrons. The van der Waals surface area contributed by atoms with Crippen molar-refractivity contribution in [2.24, 2.45) is 4.99 Å². The Morgan fingerprint density at radius 1 is 1.38 bits per heavy atom. The molecule has 4 heteroatoms. The first kappa shape index (κ1) is 12.8. The Hall–Kier alpha value is -1.29. The fraction of sp³-hybridized carbons (Fsp3) is 0.333. The largest absolute Gasteiger partial charge is 0.497 e. The third-order valence-corrected chi connectivity index (χ3v) is 2.75. The number of methoxy groups -OCH3 is 1. The van der Waals surface area contributed by atoms with E-state index in [-0.39, 0.29) is 5.91 Å². The molecular formula is C12H15NO2S. The van der Waals surface area contributed by atoms with E-state index in [9.17, 15) is 4.79 Å². The fourth-order valence-corrected chi connectivity index (χ4v) is 1.75. The smallest absolute Gasteiger partial charge is 0.277 e. The molecule has 1 rings (SSSR count). The predicted molar refractivity (Wildman–Crippen MR) is 68.6 cm³/mol. The Labute approximate surface area is 99.9 Å². The Morgan fingerprint density at radius 2 is 2.00 bits per heavy atom. The molecule has 0 spiro atoms. The molecule has 1 amide bonds. The van der Waals surface area contributed by atoms with Crippen molar-refractivity contribution in [2.75, 3.05) is 12.9 Å². The molecule has 0 bridgehead atoms. The maximum atomic E-state index is 11.7. The first-order chi connectivity index (χ1) is 7.67. The summed E-state index contributed by atoms with van der Waals surface area (Å²) < 4.78 is 5.02. The number of aliphatic imine (C=N–C) groups is 1. The van der Waals surface area contributed by atoms with Crippen molar-refractivity contribution in [1.29, 1.82) is 0 Å². The maximum Gasteiger partial charge on any atom is 0.277 e. The van der Waals surface area contributed by atoms with E-state index >= 15 is 0 Å². The summed E-state index contributed by atoms with van der Waals surface area (Å²) in [7, 11) is 1.59. The summed E-state index contributed by atoms with van der Waals surface area (Å²) in [6.07, 6.45) is 0. The number of amides is 1. The number of thioether (sulfide) groups is 1. The average molecular weight is 237 g/mol. The molecule has 0 saturated carbocycles. The number of benzene rings is 1. The molecule has 1 aromatic rings. The maximum absolute atomic E-state index is 11.7. The number of carbonyl (C=O) groups excluding carboxylic acids is 1. The predicted octanol–water partition coefficient (Wildman–Crippen LogP) is 3.01. The van der Waals surface area contributed by atoms with Crippen LogP contribution in [0.1, 0.15) is 24.2 Å². The van der Waals surface area contributed by atoms with Crippen LogP contribution in [0, 0.1) is 0 Å². The summed E-state index contributed by atoms with van der Waals surface area (Å²) in [6.45, 7) is 3.87. The fourth-order valence-electron chi connectivity index (χ4n) is 1.18. The Balaban J connectivity index is 2.76. The van der Waals surface area contributed by atoms with Crippen LogP contribution in [-0.4, -0.2) is 23.8 Å². The van der Waals surface area contributed by atoms with Gasteiger partial charge >= 0.3 is 0 Å². The zero-order valence-corrected chi connectivity index (χ0v) is 10.5. The quantitative estimate of drug-likeness (QED) is 0.599. The zero-order chi connectivity index (χ0) is 12.0. The number of rotatable bonds is 3. The van der Waals surface area contributed by atoms with Crippen LogP contribution < -0.4 is 4.74 Å². The van der Waals surface area contributed by atoms with E-state index in [0.717, 1.165) is 16.5 Å². The van der Waals surface area contributed by atoms with Crippen molar-refractivity contribution in [3.05, 3.63) is 29.8 Å². The molecule has 0 atom stereocenters. The van der Waals surface area contributed by atoms with Crippen LogP contribution in [0.3, 0.4) is 0 Å². The van der Waals surface area contributed by atoms with Crippen molar-refractivity contribution in [3.8, 4) is 5.75 Å². The molecular weight excluding hydrogens is 222 g/mol. The van der Waals surface area contributed by atoms with Crippen LogP contribution in [0.5, 0.6) is 5.75 Å². The second-order valence-corrected chi connectivity index (χ2v) is 4.55. The molecule has 0 saturated heterocycles. The van der Waals surface area contributed by atoms with Crippen LogP contribution in [0.2, 0.25) is 0 Å². The van der Waals surface area contributed by atoms with Gasteiger partial charge in [-0.05, 0) is 36.9 Å². The number of carbonyl (C=O) groups is 1. The topological polar surface area (TPSA) is 38.7 Å². The molecule has 0 aliphatic heterocycles. The van der Waals surface area contributed by atoms with Crippen molar-refractivity contribution < 1.29 is 9.53 Å².